The molecule has 0 saturated heterocycles. The second-order valence-electron chi connectivity index (χ2n) is 4.77. The molecule has 0 atom stereocenters. The number of allylic oxidation sites excluding steroid dienone is 1. The van der Waals surface area contributed by atoms with Gasteiger partial charge in [0.1, 0.15) is 0 Å². The van der Waals surface area contributed by atoms with E-state index in [4.69, 9.17) is 4.42 Å². The predicted octanol–water partition coefficient (Wildman–Crippen LogP) is 3.17. The van der Waals surface area contributed by atoms with E-state index < -0.39 is 5.91 Å². The Hall–Kier alpha value is -3.54. The smallest absolute Gasteiger partial charge is 0.328 e. The number of hydrogen-bond donors (Lipinski definition) is 1. The molecule has 0 aliphatic carbocycles. The number of hydrogen-bond acceptors (Lipinski definition) is 5. The first-order chi connectivity index (χ1) is 11.8. The van der Waals surface area contributed by atoms with Crippen LogP contribution >= 0.6 is 0 Å². The van der Waals surface area contributed by atoms with Crippen LogP contribution in [-0.4, -0.2) is 22.3 Å². The highest BCUT2D eigenvalue weighted by Crippen LogP contribution is 2.16. The van der Waals surface area contributed by atoms with Gasteiger partial charge >= 0.3 is 11.8 Å². The number of nitrogens with one attached hydrogen (secondary N) is 1. The zero-order chi connectivity index (χ0) is 16.6. The largest absolute Gasteiger partial charge is 0.412 e. The second-order valence-corrected chi connectivity index (χ2v) is 4.77. The van der Waals surface area contributed by atoms with Crippen molar-refractivity contribution < 1.29 is 9.21 Å². The van der Waals surface area contributed by atoms with Crippen LogP contribution in [0.25, 0.3) is 17.5 Å². The van der Waals surface area contributed by atoms with Gasteiger partial charge in [-0.3, -0.25) is 4.79 Å². The molecule has 24 heavy (non-hydrogen) atoms. The minimum atomic E-state index is -0.561. The SMILES string of the molecule is O=C(NN=C/C=C/c1ccccc1)c1nnc(-c2ccccc2)o1. The lowest BCUT2D eigenvalue weighted by molar-refractivity contribution is 0.0921. The molecule has 1 heterocycles. The van der Waals surface area contributed by atoms with Gasteiger partial charge < -0.3 is 4.42 Å². The van der Waals surface area contributed by atoms with Crippen LogP contribution in [0.5, 0.6) is 0 Å². The van der Waals surface area contributed by atoms with Crippen LogP contribution < -0.4 is 5.43 Å². The first-order valence-electron chi connectivity index (χ1n) is 7.27. The molecule has 0 aliphatic rings. The Balaban J connectivity index is 1.57. The maximum absolute atomic E-state index is 11.9. The van der Waals surface area contributed by atoms with Crippen molar-refractivity contribution in [1.82, 2.24) is 15.6 Å². The average Bonchev–Trinajstić information content (AvgIpc) is 3.13. The molecule has 1 amide bonds. The van der Waals surface area contributed by atoms with Gasteiger partial charge in [-0.1, -0.05) is 54.6 Å². The van der Waals surface area contributed by atoms with Gasteiger partial charge in [0.2, 0.25) is 5.89 Å². The summed E-state index contributed by atoms with van der Waals surface area (Å²) in [6.45, 7) is 0. The Morgan fingerprint density at radius 1 is 1.00 bits per heavy atom. The standard InChI is InChI=1S/C18H14N4O2/c23-16(20-19-13-7-10-14-8-3-1-4-9-14)18-22-21-17(24-18)15-11-5-2-6-12-15/h1-13H,(H,20,23)/b10-7+,19-13?. The zero-order valence-electron chi connectivity index (χ0n) is 12.7. The second kappa shape index (κ2) is 7.64. The number of nitrogens with zero attached hydrogens (tertiary/aromatic N) is 3. The third-order valence-corrected chi connectivity index (χ3v) is 3.05. The van der Waals surface area contributed by atoms with E-state index in [0.29, 0.717) is 0 Å². The molecule has 0 aliphatic heterocycles. The van der Waals surface area contributed by atoms with Crippen molar-refractivity contribution in [1.29, 1.82) is 0 Å². The van der Waals surface area contributed by atoms with E-state index in [2.05, 4.69) is 20.7 Å². The van der Waals surface area contributed by atoms with Crippen molar-refractivity contribution in [2.75, 3.05) is 0 Å². The highest BCUT2D eigenvalue weighted by molar-refractivity contribution is 5.90. The van der Waals surface area contributed by atoms with E-state index in [1.54, 1.807) is 6.08 Å². The van der Waals surface area contributed by atoms with E-state index >= 15 is 0 Å². The zero-order valence-corrected chi connectivity index (χ0v) is 12.7. The van der Waals surface area contributed by atoms with Gasteiger partial charge in [-0.25, -0.2) is 5.43 Å². The number of carbonyl (C=O) groups is 1. The lowest BCUT2D eigenvalue weighted by atomic mass is 10.2. The van der Waals surface area contributed by atoms with Gasteiger partial charge in [0.15, 0.2) is 0 Å². The summed E-state index contributed by atoms with van der Waals surface area (Å²) in [5, 5.41) is 11.4. The molecule has 3 rings (SSSR count). The summed E-state index contributed by atoms with van der Waals surface area (Å²) in [7, 11) is 0. The molecule has 0 saturated carbocycles. The molecule has 6 nitrogen and oxygen atoms in total. The fourth-order valence-electron chi connectivity index (χ4n) is 1.92. The van der Waals surface area contributed by atoms with Crippen LogP contribution in [0.2, 0.25) is 0 Å². The molecule has 6 heteroatoms. The topological polar surface area (TPSA) is 80.4 Å². The maximum atomic E-state index is 11.9. The quantitative estimate of drug-likeness (QED) is 0.579. The van der Waals surface area contributed by atoms with E-state index in [1.807, 2.05) is 66.7 Å². The average molecular weight is 318 g/mol. The summed E-state index contributed by atoms with van der Waals surface area (Å²) >= 11 is 0. The first-order valence-corrected chi connectivity index (χ1v) is 7.27. The summed E-state index contributed by atoms with van der Waals surface area (Å²) in [6.07, 6.45) is 5.06. The summed E-state index contributed by atoms with van der Waals surface area (Å²) in [5.41, 5.74) is 4.12. The van der Waals surface area contributed by atoms with Crippen LogP contribution in [0.4, 0.5) is 0 Å². The van der Waals surface area contributed by atoms with Gasteiger partial charge in [-0.15, -0.1) is 10.2 Å². The van der Waals surface area contributed by atoms with Crippen LogP contribution in [0.3, 0.4) is 0 Å². The minimum Gasteiger partial charge on any atom is -0.412 e. The van der Waals surface area contributed by atoms with Crippen molar-refractivity contribution in [2.24, 2.45) is 5.10 Å². The normalized spacial score (nSPS) is 11.2. The van der Waals surface area contributed by atoms with Gasteiger partial charge in [-0.05, 0) is 23.8 Å². The third-order valence-electron chi connectivity index (χ3n) is 3.05. The number of benzene rings is 2. The van der Waals surface area contributed by atoms with E-state index in [9.17, 15) is 4.79 Å². The van der Waals surface area contributed by atoms with Crippen molar-refractivity contribution in [3.8, 4) is 11.5 Å². The van der Waals surface area contributed by atoms with Gasteiger partial charge in [0, 0.05) is 11.8 Å². The number of aromatic nitrogens is 2. The van der Waals surface area contributed by atoms with Gasteiger partial charge in [0.05, 0.1) is 0 Å². The molecule has 0 unspecified atom stereocenters. The Labute approximate surface area is 138 Å². The number of amides is 1. The van der Waals surface area contributed by atoms with Crippen molar-refractivity contribution >= 4 is 18.2 Å². The Morgan fingerprint density at radius 3 is 2.46 bits per heavy atom. The number of carbonyl (C=O) groups excluding carboxylic acids is 1. The summed E-state index contributed by atoms with van der Waals surface area (Å²) < 4.78 is 5.33. The summed E-state index contributed by atoms with van der Waals surface area (Å²) in [6, 6.07) is 19.0. The fourth-order valence-corrected chi connectivity index (χ4v) is 1.92. The molecule has 3 aromatic rings. The monoisotopic (exact) mass is 318 g/mol. The highest BCUT2D eigenvalue weighted by Gasteiger charge is 2.14. The molecule has 0 radical (unpaired) electrons. The Bertz CT molecular complexity index is 855. The van der Waals surface area contributed by atoms with Crippen LogP contribution in [-0.2, 0) is 0 Å². The number of hydrazone groups is 1. The molecule has 118 valence electrons. The molecule has 0 spiro atoms. The van der Waals surface area contributed by atoms with Gasteiger partial charge in [-0.2, -0.15) is 5.10 Å². The van der Waals surface area contributed by atoms with Gasteiger partial charge in [0.25, 0.3) is 0 Å². The molecular formula is C18H14N4O2. The predicted molar refractivity (Wildman–Crippen MR) is 91.2 cm³/mol. The van der Waals surface area contributed by atoms with Crippen LogP contribution in [0.1, 0.15) is 16.2 Å². The molecule has 0 fully saturated rings. The van der Waals surface area contributed by atoms with Crippen molar-refractivity contribution in [3.05, 3.63) is 78.2 Å². The Morgan fingerprint density at radius 2 is 1.71 bits per heavy atom. The first kappa shape index (κ1) is 15.4. The van der Waals surface area contributed by atoms with Crippen molar-refractivity contribution in [2.45, 2.75) is 0 Å². The lowest BCUT2D eigenvalue weighted by Crippen LogP contribution is -2.17. The van der Waals surface area contributed by atoms with Crippen molar-refractivity contribution in [3.63, 3.8) is 0 Å². The lowest BCUT2D eigenvalue weighted by Gasteiger charge is -1.93. The maximum Gasteiger partial charge on any atom is 0.328 e. The highest BCUT2D eigenvalue weighted by atomic mass is 16.4. The van der Waals surface area contributed by atoms with E-state index in [-0.39, 0.29) is 11.8 Å². The number of rotatable bonds is 5. The van der Waals surface area contributed by atoms with Crippen LogP contribution in [0, 0.1) is 0 Å². The molecular weight excluding hydrogens is 304 g/mol. The molecule has 1 N–H and O–H groups in total. The summed E-state index contributed by atoms with van der Waals surface area (Å²) in [5.74, 6) is -0.416. The van der Waals surface area contributed by atoms with E-state index in [1.165, 1.54) is 6.21 Å². The molecule has 2 aromatic carbocycles. The van der Waals surface area contributed by atoms with Crippen LogP contribution in [0.15, 0.2) is 76.3 Å². The molecule has 0 bridgehead atoms. The van der Waals surface area contributed by atoms with E-state index in [0.717, 1.165) is 11.1 Å². The molecule has 1 aromatic heterocycles. The fraction of sp³-hybridized carbons (Fsp3) is 0. The summed E-state index contributed by atoms with van der Waals surface area (Å²) in [4.78, 5) is 11.9. The Kier molecular flexibility index (Phi) is 4.89. The third kappa shape index (κ3) is 4.01. The minimum absolute atomic E-state index is 0.141.